The van der Waals surface area contributed by atoms with Crippen LogP contribution in [0.3, 0.4) is 0 Å². The van der Waals surface area contributed by atoms with Gasteiger partial charge in [-0.15, -0.1) is 0 Å². The Balaban J connectivity index is 2.53. The van der Waals surface area contributed by atoms with Crippen molar-refractivity contribution in [1.29, 1.82) is 0 Å². The Morgan fingerprint density at radius 3 is 1.94 bits per heavy atom. The third-order valence-corrected chi connectivity index (χ3v) is 3.94. The van der Waals surface area contributed by atoms with Gasteiger partial charge in [0.2, 0.25) is 0 Å². The van der Waals surface area contributed by atoms with Crippen LogP contribution in [0, 0.1) is 0 Å². The number of methoxy groups -OCH3 is 4. The van der Waals surface area contributed by atoms with E-state index in [-0.39, 0.29) is 34.1 Å². The van der Waals surface area contributed by atoms with Gasteiger partial charge in [-0.05, 0) is 12.1 Å². The van der Waals surface area contributed by atoms with Gasteiger partial charge in [0.15, 0.2) is 23.0 Å². The van der Waals surface area contributed by atoms with E-state index in [9.17, 15) is 24.3 Å². The van der Waals surface area contributed by atoms with Crippen molar-refractivity contribution in [3.8, 4) is 23.0 Å². The number of carboxylic acid groups (broad SMARTS) is 1. The number of benzene rings is 2. The number of carboxylic acids is 1. The Labute approximate surface area is 181 Å². The van der Waals surface area contributed by atoms with Gasteiger partial charge in [0.25, 0.3) is 5.91 Å². The average molecular weight is 449 g/mol. The highest BCUT2D eigenvalue weighted by molar-refractivity contribution is 6.10. The molecule has 32 heavy (non-hydrogen) atoms. The highest BCUT2D eigenvalue weighted by Gasteiger charge is 2.25. The van der Waals surface area contributed by atoms with E-state index in [1.54, 1.807) is 0 Å². The number of para-hydroxylation sites is 1. The van der Waals surface area contributed by atoms with Gasteiger partial charge in [0, 0.05) is 12.1 Å². The molecule has 170 valence electrons. The van der Waals surface area contributed by atoms with Crippen molar-refractivity contribution in [1.82, 2.24) is 0 Å². The van der Waals surface area contributed by atoms with Crippen LogP contribution in [-0.4, -0.2) is 57.7 Å². The second-order valence-corrected chi connectivity index (χ2v) is 5.76. The molecule has 0 aliphatic heterocycles. The van der Waals surface area contributed by atoms with Crippen molar-refractivity contribution < 1.29 is 52.7 Å². The van der Waals surface area contributed by atoms with E-state index in [2.05, 4.69) is 14.8 Å². The number of aromatic carboxylic acids is 1. The summed E-state index contributed by atoms with van der Waals surface area (Å²) < 4.78 is 28.9. The smallest absolute Gasteiger partial charge is 0.493 e. The molecule has 1 amide bonds. The quantitative estimate of drug-likeness (QED) is 0.473. The summed E-state index contributed by atoms with van der Waals surface area (Å²) in [6.45, 7) is 0. The normalized spacial score (nSPS) is 9.88. The van der Waals surface area contributed by atoms with E-state index < -0.39 is 29.9 Å². The largest absolute Gasteiger partial charge is 0.513 e. The Hall–Kier alpha value is -4.48. The van der Waals surface area contributed by atoms with Gasteiger partial charge in [-0.1, -0.05) is 6.07 Å². The molecule has 0 aliphatic rings. The fourth-order valence-electron chi connectivity index (χ4n) is 2.49. The molecule has 0 radical (unpaired) electrons. The minimum absolute atomic E-state index is 0.131. The molecular formula is C20H19NO11. The maximum absolute atomic E-state index is 13.0. The van der Waals surface area contributed by atoms with E-state index in [0.717, 1.165) is 14.2 Å². The SMILES string of the molecule is COC(=O)Oc1cccc(C(=O)Nc2cc(OC)c(OC)cc2C(=O)O)c1OC(=O)OC. The predicted octanol–water partition coefficient (Wildman–Crippen LogP) is 2.94. The lowest BCUT2D eigenvalue weighted by Crippen LogP contribution is -2.19. The number of carbonyl (C=O) groups is 4. The Morgan fingerprint density at radius 2 is 1.38 bits per heavy atom. The van der Waals surface area contributed by atoms with Gasteiger partial charge in [-0.2, -0.15) is 0 Å². The first-order valence-electron chi connectivity index (χ1n) is 8.70. The van der Waals surface area contributed by atoms with Gasteiger partial charge in [-0.3, -0.25) is 4.79 Å². The summed E-state index contributed by atoms with van der Waals surface area (Å²) in [5.41, 5.74) is -0.709. The molecular weight excluding hydrogens is 430 g/mol. The lowest BCUT2D eigenvalue weighted by atomic mass is 10.1. The molecule has 0 aromatic heterocycles. The molecule has 2 N–H and O–H groups in total. The van der Waals surface area contributed by atoms with Crippen LogP contribution in [-0.2, 0) is 9.47 Å². The summed E-state index contributed by atoms with van der Waals surface area (Å²) >= 11 is 0. The number of anilines is 1. The molecule has 0 saturated carbocycles. The van der Waals surface area contributed by atoms with Gasteiger partial charge < -0.3 is 38.8 Å². The summed E-state index contributed by atoms with van der Waals surface area (Å²) in [5.74, 6) is -2.74. The topological polar surface area (TPSA) is 156 Å². The van der Waals surface area contributed by atoms with E-state index >= 15 is 0 Å². The van der Waals surface area contributed by atoms with Crippen LogP contribution >= 0.6 is 0 Å². The third kappa shape index (κ3) is 5.36. The number of amides is 1. The number of hydrogen-bond donors (Lipinski definition) is 2. The van der Waals surface area contributed by atoms with Crippen LogP contribution in [0.4, 0.5) is 15.3 Å². The molecule has 0 unspecified atom stereocenters. The molecule has 0 fully saturated rings. The van der Waals surface area contributed by atoms with Gasteiger partial charge in [-0.25, -0.2) is 14.4 Å². The van der Waals surface area contributed by atoms with Crippen LogP contribution in [0.25, 0.3) is 0 Å². The Morgan fingerprint density at radius 1 is 0.781 bits per heavy atom. The molecule has 2 aromatic rings. The molecule has 2 rings (SSSR count). The fourth-order valence-corrected chi connectivity index (χ4v) is 2.49. The summed E-state index contributed by atoms with van der Waals surface area (Å²) in [6.07, 6.45) is -2.33. The zero-order valence-corrected chi connectivity index (χ0v) is 17.4. The zero-order chi connectivity index (χ0) is 23.8. The van der Waals surface area contributed by atoms with E-state index in [0.29, 0.717) is 0 Å². The first kappa shape index (κ1) is 23.8. The molecule has 0 saturated heterocycles. The van der Waals surface area contributed by atoms with Crippen LogP contribution in [0.1, 0.15) is 20.7 Å². The van der Waals surface area contributed by atoms with Gasteiger partial charge >= 0.3 is 18.3 Å². The van der Waals surface area contributed by atoms with E-state index in [1.165, 1.54) is 44.6 Å². The van der Waals surface area contributed by atoms with Crippen LogP contribution in [0.2, 0.25) is 0 Å². The Kier molecular flexibility index (Phi) is 7.82. The second-order valence-electron chi connectivity index (χ2n) is 5.76. The molecule has 0 heterocycles. The second kappa shape index (κ2) is 10.5. The zero-order valence-electron chi connectivity index (χ0n) is 17.4. The molecule has 0 bridgehead atoms. The van der Waals surface area contributed by atoms with Gasteiger partial charge in [0.1, 0.15) is 0 Å². The highest BCUT2D eigenvalue weighted by atomic mass is 16.7. The fraction of sp³-hybridized carbons (Fsp3) is 0.200. The van der Waals surface area contributed by atoms with Crippen LogP contribution < -0.4 is 24.3 Å². The maximum atomic E-state index is 13.0. The average Bonchev–Trinajstić information content (AvgIpc) is 2.79. The van der Waals surface area contributed by atoms with E-state index in [1.807, 2.05) is 0 Å². The van der Waals surface area contributed by atoms with Gasteiger partial charge in [0.05, 0.1) is 45.3 Å². The van der Waals surface area contributed by atoms with Crippen LogP contribution in [0.5, 0.6) is 23.0 Å². The number of nitrogens with one attached hydrogen (secondary N) is 1. The molecule has 2 aromatic carbocycles. The molecule has 0 spiro atoms. The first-order chi connectivity index (χ1) is 15.2. The van der Waals surface area contributed by atoms with E-state index in [4.69, 9.17) is 18.9 Å². The standard InChI is InChI=1S/C20H19NO11/c1-27-14-8-11(18(23)24)12(9-15(14)28-2)21-17(22)10-6-5-7-13(31-19(25)29-3)16(10)32-20(26)30-4/h5-9H,1-4H3,(H,21,22)(H,23,24). The van der Waals surface area contributed by atoms with Crippen molar-refractivity contribution in [2.24, 2.45) is 0 Å². The summed E-state index contributed by atoms with van der Waals surface area (Å²) in [6, 6.07) is 6.24. The highest BCUT2D eigenvalue weighted by Crippen LogP contribution is 2.36. The summed E-state index contributed by atoms with van der Waals surface area (Å²) in [5, 5.41) is 11.9. The molecule has 12 nitrogen and oxygen atoms in total. The van der Waals surface area contributed by atoms with Crippen molar-refractivity contribution in [3.63, 3.8) is 0 Å². The lowest BCUT2D eigenvalue weighted by Gasteiger charge is -2.16. The van der Waals surface area contributed by atoms with Crippen molar-refractivity contribution in [2.75, 3.05) is 33.8 Å². The molecule has 12 heteroatoms. The first-order valence-corrected chi connectivity index (χ1v) is 8.70. The number of carbonyl (C=O) groups excluding carboxylic acids is 3. The van der Waals surface area contributed by atoms with Crippen molar-refractivity contribution in [2.45, 2.75) is 0 Å². The van der Waals surface area contributed by atoms with Crippen LogP contribution in [0.15, 0.2) is 30.3 Å². The summed E-state index contributed by atoms with van der Waals surface area (Å²) in [7, 11) is 4.75. The maximum Gasteiger partial charge on any atom is 0.513 e. The molecule has 0 atom stereocenters. The molecule has 0 aliphatic carbocycles. The lowest BCUT2D eigenvalue weighted by molar-refractivity contribution is 0.0697. The Bertz CT molecular complexity index is 1050. The number of ether oxygens (including phenoxy) is 6. The minimum Gasteiger partial charge on any atom is -0.493 e. The minimum atomic E-state index is -1.35. The summed E-state index contributed by atoms with van der Waals surface area (Å²) in [4.78, 5) is 47.8. The number of rotatable bonds is 7. The predicted molar refractivity (Wildman–Crippen MR) is 107 cm³/mol. The van der Waals surface area contributed by atoms with Crippen molar-refractivity contribution >= 4 is 29.9 Å². The third-order valence-electron chi connectivity index (χ3n) is 3.94. The van der Waals surface area contributed by atoms with Crippen molar-refractivity contribution in [3.05, 3.63) is 41.5 Å². The number of hydrogen-bond acceptors (Lipinski definition) is 10. The monoisotopic (exact) mass is 449 g/mol.